The van der Waals surface area contributed by atoms with Gasteiger partial charge in [-0.15, -0.1) is 0 Å². The van der Waals surface area contributed by atoms with Crippen molar-refractivity contribution in [2.24, 2.45) is 0 Å². The molecule has 16 heavy (non-hydrogen) atoms. The van der Waals surface area contributed by atoms with E-state index in [-0.39, 0.29) is 12.5 Å². The Kier molecular flexibility index (Phi) is 4.31. The van der Waals surface area contributed by atoms with E-state index < -0.39 is 6.10 Å². The van der Waals surface area contributed by atoms with E-state index in [9.17, 15) is 4.79 Å². The summed E-state index contributed by atoms with van der Waals surface area (Å²) in [6.45, 7) is 1.90. The third-order valence-corrected chi connectivity index (χ3v) is 2.18. The first kappa shape index (κ1) is 12.5. The number of carbonyl (C=O) groups is 1. The van der Waals surface area contributed by atoms with Crippen molar-refractivity contribution in [1.82, 2.24) is 5.32 Å². The van der Waals surface area contributed by atoms with Gasteiger partial charge in [-0.3, -0.25) is 4.79 Å². The van der Waals surface area contributed by atoms with Crippen molar-refractivity contribution in [1.29, 1.82) is 0 Å². The molecule has 0 aliphatic heterocycles. The molecule has 0 fully saturated rings. The highest BCUT2D eigenvalue weighted by Gasteiger charge is 2.07. The van der Waals surface area contributed by atoms with Crippen LogP contribution in [0.4, 0.5) is 5.69 Å². The van der Waals surface area contributed by atoms with Crippen molar-refractivity contribution >= 4 is 11.6 Å². The van der Waals surface area contributed by atoms with Crippen LogP contribution in [0.5, 0.6) is 0 Å². The number of hydrogen-bond acceptors (Lipinski definition) is 3. The number of benzene rings is 1. The van der Waals surface area contributed by atoms with Crippen LogP contribution < -0.4 is 10.2 Å². The summed E-state index contributed by atoms with van der Waals surface area (Å²) in [5, 5.41) is 11.7. The Morgan fingerprint density at radius 3 is 2.75 bits per heavy atom. The Bertz CT molecular complexity index is 362. The molecule has 0 aromatic heterocycles. The van der Waals surface area contributed by atoms with E-state index in [0.29, 0.717) is 5.56 Å². The maximum absolute atomic E-state index is 11.7. The second-order valence-electron chi connectivity index (χ2n) is 4.00. The number of aliphatic hydroxyl groups is 1. The number of nitrogens with zero attached hydrogens (tertiary/aromatic N) is 1. The van der Waals surface area contributed by atoms with Gasteiger partial charge in [0.05, 0.1) is 6.10 Å². The van der Waals surface area contributed by atoms with E-state index in [1.165, 1.54) is 0 Å². The molecule has 0 aliphatic carbocycles. The summed E-state index contributed by atoms with van der Waals surface area (Å²) in [7, 11) is 3.85. The van der Waals surface area contributed by atoms with Gasteiger partial charge in [-0.05, 0) is 25.1 Å². The van der Waals surface area contributed by atoms with Crippen molar-refractivity contribution < 1.29 is 9.90 Å². The van der Waals surface area contributed by atoms with Gasteiger partial charge in [-0.2, -0.15) is 0 Å². The molecule has 0 unspecified atom stereocenters. The van der Waals surface area contributed by atoms with E-state index in [2.05, 4.69) is 5.32 Å². The predicted octanol–water partition coefficient (Wildman–Crippen LogP) is 0.863. The van der Waals surface area contributed by atoms with Crippen molar-refractivity contribution in [2.45, 2.75) is 13.0 Å². The van der Waals surface area contributed by atoms with E-state index in [1.807, 2.05) is 37.2 Å². The van der Waals surface area contributed by atoms with E-state index in [1.54, 1.807) is 13.0 Å². The van der Waals surface area contributed by atoms with Crippen LogP contribution in [0.3, 0.4) is 0 Å². The second-order valence-corrected chi connectivity index (χ2v) is 4.00. The van der Waals surface area contributed by atoms with Crippen LogP contribution in [0, 0.1) is 0 Å². The zero-order valence-corrected chi connectivity index (χ0v) is 9.90. The van der Waals surface area contributed by atoms with E-state index in [0.717, 1.165) is 5.69 Å². The third-order valence-electron chi connectivity index (χ3n) is 2.18. The predicted molar refractivity (Wildman–Crippen MR) is 64.8 cm³/mol. The number of aliphatic hydroxyl groups excluding tert-OH is 1. The summed E-state index contributed by atoms with van der Waals surface area (Å²) in [5.74, 6) is -0.162. The summed E-state index contributed by atoms with van der Waals surface area (Å²) in [4.78, 5) is 13.6. The number of amides is 1. The molecule has 0 aliphatic rings. The minimum absolute atomic E-state index is 0.162. The lowest BCUT2D eigenvalue weighted by molar-refractivity contribution is 0.0924. The Hall–Kier alpha value is -1.55. The zero-order chi connectivity index (χ0) is 12.1. The van der Waals surface area contributed by atoms with Gasteiger partial charge >= 0.3 is 0 Å². The van der Waals surface area contributed by atoms with Gasteiger partial charge in [0.15, 0.2) is 0 Å². The largest absolute Gasteiger partial charge is 0.392 e. The molecule has 88 valence electrons. The first-order chi connectivity index (χ1) is 7.50. The van der Waals surface area contributed by atoms with Crippen LogP contribution in [0.25, 0.3) is 0 Å². The first-order valence-corrected chi connectivity index (χ1v) is 5.24. The van der Waals surface area contributed by atoms with Crippen LogP contribution in [-0.4, -0.2) is 37.8 Å². The highest BCUT2D eigenvalue weighted by atomic mass is 16.3. The van der Waals surface area contributed by atoms with Crippen molar-refractivity contribution in [3.8, 4) is 0 Å². The van der Waals surface area contributed by atoms with Gasteiger partial charge < -0.3 is 15.3 Å². The summed E-state index contributed by atoms with van der Waals surface area (Å²) in [6, 6.07) is 7.35. The number of rotatable bonds is 4. The quantitative estimate of drug-likeness (QED) is 0.794. The van der Waals surface area contributed by atoms with Crippen LogP contribution in [-0.2, 0) is 0 Å². The monoisotopic (exact) mass is 222 g/mol. The lowest BCUT2D eigenvalue weighted by Crippen LogP contribution is -2.30. The number of anilines is 1. The Morgan fingerprint density at radius 2 is 2.19 bits per heavy atom. The molecule has 1 aromatic carbocycles. The van der Waals surface area contributed by atoms with Gasteiger partial charge in [0.1, 0.15) is 0 Å². The fourth-order valence-electron chi connectivity index (χ4n) is 1.27. The number of hydrogen-bond donors (Lipinski definition) is 2. The molecule has 0 radical (unpaired) electrons. The van der Waals surface area contributed by atoms with Gasteiger partial charge in [-0.25, -0.2) is 0 Å². The molecule has 1 aromatic rings. The van der Waals surface area contributed by atoms with E-state index >= 15 is 0 Å². The fourth-order valence-corrected chi connectivity index (χ4v) is 1.27. The molecule has 0 saturated carbocycles. The molecule has 1 atom stereocenters. The molecule has 0 bridgehead atoms. The summed E-state index contributed by atoms with van der Waals surface area (Å²) in [5.41, 5.74) is 1.58. The topological polar surface area (TPSA) is 52.6 Å². The molecule has 0 heterocycles. The normalized spacial score (nSPS) is 12.0. The lowest BCUT2D eigenvalue weighted by atomic mass is 10.2. The molecular formula is C12H18N2O2. The minimum Gasteiger partial charge on any atom is -0.392 e. The van der Waals surface area contributed by atoms with Crippen molar-refractivity contribution in [3.05, 3.63) is 29.8 Å². The Morgan fingerprint density at radius 1 is 1.50 bits per heavy atom. The van der Waals surface area contributed by atoms with Crippen molar-refractivity contribution in [3.63, 3.8) is 0 Å². The molecule has 4 heteroatoms. The molecule has 1 amide bonds. The maximum atomic E-state index is 11.7. The van der Waals surface area contributed by atoms with Crippen LogP contribution in [0.15, 0.2) is 24.3 Å². The molecule has 2 N–H and O–H groups in total. The highest BCUT2D eigenvalue weighted by Crippen LogP contribution is 2.13. The second kappa shape index (κ2) is 5.51. The van der Waals surface area contributed by atoms with Gasteiger partial charge in [0.2, 0.25) is 0 Å². The highest BCUT2D eigenvalue weighted by molar-refractivity contribution is 5.95. The number of carbonyl (C=O) groups excluding carboxylic acids is 1. The summed E-state index contributed by atoms with van der Waals surface area (Å²) >= 11 is 0. The zero-order valence-electron chi connectivity index (χ0n) is 9.90. The first-order valence-electron chi connectivity index (χ1n) is 5.24. The van der Waals surface area contributed by atoms with Gasteiger partial charge in [0.25, 0.3) is 5.91 Å². The van der Waals surface area contributed by atoms with E-state index in [4.69, 9.17) is 5.11 Å². The molecule has 0 saturated heterocycles. The maximum Gasteiger partial charge on any atom is 0.251 e. The molecule has 0 spiro atoms. The SMILES string of the molecule is C[C@@H](O)CNC(=O)c1cccc(N(C)C)c1. The molecular weight excluding hydrogens is 204 g/mol. The van der Waals surface area contributed by atoms with Gasteiger partial charge in [0, 0.05) is 31.9 Å². The third kappa shape index (κ3) is 3.55. The van der Waals surface area contributed by atoms with Gasteiger partial charge in [-0.1, -0.05) is 6.07 Å². The van der Waals surface area contributed by atoms with Crippen molar-refractivity contribution in [2.75, 3.05) is 25.5 Å². The fraction of sp³-hybridized carbons (Fsp3) is 0.417. The number of nitrogens with one attached hydrogen (secondary N) is 1. The summed E-state index contributed by atoms with van der Waals surface area (Å²) < 4.78 is 0. The Balaban J connectivity index is 2.72. The minimum atomic E-state index is -0.527. The van der Waals surface area contributed by atoms with Crippen LogP contribution in [0.2, 0.25) is 0 Å². The van der Waals surface area contributed by atoms with Crippen LogP contribution >= 0.6 is 0 Å². The average molecular weight is 222 g/mol. The molecule has 4 nitrogen and oxygen atoms in total. The standard InChI is InChI=1S/C12H18N2O2/c1-9(15)8-13-12(16)10-5-4-6-11(7-10)14(2)3/h4-7,9,15H,8H2,1-3H3,(H,13,16)/t9-/m1/s1. The average Bonchev–Trinajstić information content (AvgIpc) is 2.26. The summed E-state index contributed by atoms with van der Waals surface area (Å²) in [6.07, 6.45) is -0.527. The lowest BCUT2D eigenvalue weighted by Gasteiger charge is -2.13. The molecule has 1 rings (SSSR count). The Labute approximate surface area is 95.9 Å². The van der Waals surface area contributed by atoms with Crippen LogP contribution in [0.1, 0.15) is 17.3 Å². The smallest absolute Gasteiger partial charge is 0.251 e.